The van der Waals surface area contributed by atoms with E-state index >= 15 is 0 Å². The van der Waals surface area contributed by atoms with Crippen LogP contribution in [0.2, 0.25) is 0 Å². The Kier molecular flexibility index (Phi) is 5.20. The van der Waals surface area contributed by atoms with Crippen LogP contribution in [0.1, 0.15) is 27.9 Å². The number of hydrogen-bond acceptors (Lipinski definition) is 5. The molecule has 1 N–H and O–H groups in total. The molecular weight excluding hydrogens is 444 g/mol. The minimum absolute atomic E-state index is 0.218. The van der Waals surface area contributed by atoms with Crippen LogP contribution in [0.25, 0.3) is 9.88 Å². The van der Waals surface area contributed by atoms with Crippen LogP contribution in [0.5, 0.6) is 0 Å². The second-order valence-corrected chi connectivity index (χ2v) is 8.57. The molecule has 0 saturated heterocycles. The molecule has 0 spiro atoms. The number of aryl methyl sites for hydroxylation is 1. The number of amides is 1. The predicted molar refractivity (Wildman–Crippen MR) is 112 cm³/mol. The van der Waals surface area contributed by atoms with E-state index in [1.165, 1.54) is 11.3 Å². The van der Waals surface area contributed by atoms with Crippen LogP contribution in [0.4, 0.5) is 0 Å². The van der Waals surface area contributed by atoms with Gasteiger partial charge in [0.2, 0.25) is 0 Å². The monoisotopic (exact) mass is 458 g/mol. The van der Waals surface area contributed by atoms with E-state index in [0.717, 1.165) is 25.7 Å². The van der Waals surface area contributed by atoms with Gasteiger partial charge in [-0.05, 0) is 27.6 Å². The highest BCUT2D eigenvalue weighted by molar-refractivity contribution is 9.10. The number of carbonyl (C=O) groups excluding carboxylic acids is 1. The van der Waals surface area contributed by atoms with Crippen LogP contribution in [-0.4, -0.2) is 20.4 Å². The first kappa shape index (κ1) is 18.1. The molecule has 0 aliphatic rings. The number of thiazole rings is 1. The van der Waals surface area contributed by atoms with E-state index in [1.54, 1.807) is 22.9 Å². The standard InChI is InChI=1S/C19H15BrN4OS2/c1-24-8-7-21-17(24)16(12-5-3-2-4-6-12)23-18(25)14-11-27-19(22-14)15-9-13(20)10-26-15/h2-11,16H,1H3,(H,23,25). The Morgan fingerprint density at radius 3 is 2.70 bits per heavy atom. The van der Waals surface area contributed by atoms with E-state index in [4.69, 9.17) is 0 Å². The molecule has 4 aromatic rings. The quantitative estimate of drug-likeness (QED) is 0.463. The lowest BCUT2D eigenvalue weighted by atomic mass is 10.1. The first-order chi connectivity index (χ1) is 13.1. The lowest BCUT2D eigenvalue weighted by Crippen LogP contribution is -2.31. The second-order valence-electron chi connectivity index (χ2n) is 5.88. The second kappa shape index (κ2) is 7.75. The van der Waals surface area contributed by atoms with Gasteiger partial charge in [-0.25, -0.2) is 9.97 Å². The summed E-state index contributed by atoms with van der Waals surface area (Å²) in [5, 5.41) is 7.71. The third-order valence-corrected chi connectivity index (χ3v) is 6.74. The summed E-state index contributed by atoms with van der Waals surface area (Å²) in [5.74, 6) is 0.553. The number of nitrogens with one attached hydrogen (secondary N) is 1. The molecular formula is C19H15BrN4OS2. The first-order valence-corrected chi connectivity index (χ1v) is 10.7. The molecule has 5 nitrogen and oxygen atoms in total. The van der Waals surface area contributed by atoms with Crippen LogP contribution < -0.4 is 5.32 Å². The molecule has 8 heteroatoms. The van der Waals surface area contributed by atoms with Gasteiger partial charge in [-0.1, -0.05) is 30.3 Å². The van der Waals surface area contributed by atoms with Crippen molar-refractivity contribution in [3.8, 4) is 9.88 Å². The smallest absolute Gasteiger partial charge is 0.271 e. The van der Waals surface area contributed by atoms with E-state index in [2.05, 4.69) is 31.2 Å². The summed E-state index contributed by atoms with van der Waals surface area (Å²) < 4.78 is 2.93. The van der Waals surface area contributed by atoms with Crippen LogP contribution in [0.3, 0.4) is 0 Å². The van der Waals surface area contributed by atoms with Gasteiger partial charge in [0.15, 0.2) is 0 Å². The van der Waals surface area contributed by atoms with E-state index in [1.807, 2.05) is 59.6 Å². The topological polar surface area (TPSA) is 59.8 Å². The number of halogens is 1. The van der Waals surface area contributed by atoms with Crippen LogP contribution >= 0.6 is 38.6 Å². The van der Waals surface area contributed by atoms with Gasteiger partial charge in [0.05, 0.1) is 4.88 Å². The molecule has 136 valence electrons. The van der Waals surface area contributed by atoms with E-state index in [-0.39, 0.29) is 11.9 Å². The van der Waals surface area contributed by atoms with Crippen molar-refractivity contribution in [1.82, 2.24) is 19.9 Å². The maximum Gasteiger partial charge on any atom is 0.271 e. The molecule has 1 amide bonds. The summed E-state index contributed by atoms with van der Waals surface area (Å²) in [7, 11) is 1.92. The van der Waals surface area contributed by atoms with E-state index in [9.17, 15) is 4.79 Å². The van der Waals surface area contributed by atoms with Crippen molar-refractivity contribution in [2.75, 3.05) is 0 Å². The minimum Gasteiger partial charge on any atom is -0.337 e. The number of hydrogen-bond donors (Lipinski definition) is 1. The van der Waals surface area contributed by atoms with Crippen LogP contribution in [0, 0.1) is 0 Å². The van der Waals surface area contributed by atoms with Crippen molar-refractivity contribution in [3.63, 3.8) is 0 Å². The Bertz CT molecular complexity index is 1070. The van der Waals surface area contributed by atoms with Gasteiger partial charge in [-0.3, -0.25) is 4.79 Å². The summed E-state index contributed by atoms with van der Waals surface area (Å²) in [6, 6.07) is 11.5. The van der Waals surface area contributed by atoms with Gasteiger partial charge in [0.1, 0.15) is 22.6 Å². The average Bonchev–Trinajstić information content (AvgIpc) is 3.41. The fraction of sp³-hybridized carbons (Fsp3) is 0.105. The number of benzene rings is 1. The van der Waals surface area contributed by atoms with Gasteiger partial charge in [0, 0.05) is 34.7 Å². The lowest BCUT2D eigenvalue weighted by Gasteiger charge is -2.18. The van der Waals surface area contributed by atoms with Crippen molar-refractivity contribution in [1.29, 1.82) is 0 Å². The Labute approximate surface area is 172 Å². The molecule has 0 bridgehead atoms. The molecule has 0 aliphatic carbocycles. The Morgan fingerprint density at radius 1 is 1.22 bits per heavy atom. The number of rotatable bonds is 5. The molecule has 1 unspecified atom stereocenters. The number of carbonyl (C=O) groups is 1. The fourth-order valence-electron chi connectivity index (χ4n) is 2.72. The molecule has 3 aromatic heterocycles. The van der Waals surface area contributed by atoms with Crippen molar-refractivity contribution in [2.45, 2.75) is 6.04 Å². The number of aromatic nitrogens is 3. The molecule has 1 aromatic carbocycles. The number of nitrogens with zero attached hydrogens (tertiary/aromatic N) is 3. The number of thiophene rings is 1. The van der Waals surface area contributed by atoms with Gasteiger partial charge < -0.3 is 9.88 Å². The molecule has 0 fully saturated rings. The molecule has 0 aliphatic heterocycles. The fourth-order valence-corrected chi connectivity index (χ4v) is 5.03. The largest absolute Gasteiger partial charge is 0.337 e. The Morgan fingerprint density at radius 2 is 2.04 bits per heavy atom. The normalized spacial score (nSPS) is 12.1. The lowest BCUT2D eigenvalue weighted by molar-refractivity contribution is 0.0937. The molecule has 0 radical (unpaired) electrons. The zero-order valence-corrected chi connectivity index (χ0v) is 17.5. The van der Waals surface area contributed by atoms with Gasteiger partial charge in [-0.2, -0.15) is 0 Å². The molecule has 0 saturated carbocycles. The van der Waals surface area contributed by atoms with Crippen molar-refractivity contribution in [2.24, 2.45) is 7.05 Å². The zero-order chi connectivity index (χ0) is 18.8. The molecule has 1 atom stereocenters. The summed E-state index contributed by atoms with van der Waals surface area (Å²) in [6.07, 6.45) is 3.60. The predicted octanol–water partition coefficient (Wildman–Crippen LogP) is 4.89. The highest BCUT2D eigenvalue weighted by Crippen LogP contribution is 2.32. The molecule has 3 heterocycles. The van der Waals surface area contributed by atoms with E-state index in [0.29, 0.717) is 5.69 Å². The molecule has 27 heavy (non-hydrogen) atoms. The van der Waals surface area contributed by atoms with Crippen molar-refractivity contribution in [3.05, 3.63) is 81.1 Å². The Balaban J connectivity index is 1.61. The summed E-state index contributed by atoms with van der Waals surface area (Å²) in [5.41, 5.74) is 1.38. The van der Waals surface area contributed by atoms with E-state index < -0.39 is 0 Å². The molecule has 4 rings (SSSR count). The summed E-state index contributed by atoms with van der Waals surface area (Å²) in [4.78, 5) is 22.8. The Hall–Kier alpha value is -2.29. The number of imidazole rings is 1. The van der Waals surface area contributed by atoms with Gasteiger partial charge in [0.25, 0.3) is 5.91 Å². The van der Waals surface area contributed by atoms with Gasteiger partial charge >= 0.3 is 0 Å². The van der Waals surface area contributed by atoms with Crippen molar-refractivity contribution >= 4 is 44.5 Å². The third-order valence-electron chi connectivity index (χ3n) is 4.04. The maximum absolute atomic E-state index is 12.9. The summed E-state index contributed by atoms with van der Waals surface area (Å²) in [6.45, 7) is 0. The highest BCUT2D eigenvalue weighted by atomic mass is 79.9. The SMILES string of the molecule is Cn1ccnc1C(NC(=O)c1csc(-c2cc(Br)cs2)n1)c1ccccc1. The summed E-state index contributed by atoms with van der Waals surface area (Å²) >= 11 is 6.51. The first-order valence-electron chi connectivity index (χ1n) is 8.15. The van der Waals surface area contributed by atoms with Crippen LogP contribution in [-0.2, 0) is 7.05 Å². The highest BCUT2D eigenvalue weighted by Gasteiger charge is 2.22. The average molecular weight is 459 g/mol. The van der Waals surface area contributed by atoms with Crippen LogP contribution in [0.15, 0.2) is 64.0 Å². The minimum atomic E-state index is -0.347. The maximum atomic E-state index is 12.9. The van der Waals surface area contributed by atoms with Gasteiger partial charge in [-0.15, -0.1) is 22.7 Å². The third kappa shape index (κ3) is 3.87. The van der Waals surface area contributed by atoms with Crippen molar-refractivity contribution < 1.29 is 4.79 Å². The zero-order valence-electron chi connectivity index (χ0n) is 14.3.